The molecule has 0 aliphatic heterocycles. The largest absolute Gasteiger partial charge is 0.508 e. The first-order valence-corrected chi connectivity index (χ1v) is 3.98. The minimum atomic E-state index is 0.250. The van der Waals surface area contributed by atoms with Crippen molar-refractivity contribution in [1.29, 1.82) is 0 Å². The summed E-state index contributed by atoms with van der Waals surface area (Å²) in [5, 5.41) is 12.8. The Morgan fingerprint density at radius 2 is 1.92 bits per heavy atom. The molecule has 2 rings (SSSR count). The van der Waals surface area contributed by atoms with Gasteiger partial charge in [0, 0.05) is 11.6 Å². The molecule has 0 amide bonds. The van der Waals surface area contributed by atoms with E-state index in [1.54, 1.807) is 24.3 Å². The molecule has 1 aromatic heterocycles. The number of benzene rings is 1. The molecule has 0 radical (unpaired) electrons. The Kier molecular flexibility index (Phi) is 1.77. The molecule has 0 saturated heterocycles. The summed E-state index contributed by atoms with van der Waals surface area (Å²) >= 11 is 0. The highest BCUT2D eigenvalue weighted by Gasteiger charge is 2.02. The highest BCUT2D eigenvalue weighted by atomic mass is 16.5. The lowest BCUT2D eigenvalue weighted by Gasteiger charge is -1.94. The molecule has 1 heterocycles. The number of phenolic OH excluding ortho intramolecular Hbond substituents is 1. The molecule has 0 spiro atoms. The Bertz CT molecular complexity index is 403. The van der Waals surface area contributed by atoms with E-state index in [1.165, 1.54) is 0 Å². The van der Waals surface area contributed by atoms with Crippen molar-refractivity contribution >= 4 is 0 Å². The van der Waals surface area contributed by atoms with E-state index in [-0.39, 0.29) is 5.75 Å². The lowest BCUT2D eigenvalue weighted by molar-refractivity contribution is 0.427. The van der Waals surface area contributed by atoms with E-state index in [1.807, 2.05) is 13.0 Å². The summed E-state index contributed by atoms with van der Waals surface area (Å²) < 4.78 is 5.06. The van der Waals surface area contributed by atoms with E-state index in [0.29, 0.717) is 0 Å². The maximum atomic E-state index is 9.06. The lowest BCUT2D eigenvalue weighted by Crippen LogP contribution is -1.71. The van der Waals surface area contributed by atoms with Gasteiger partial charge < -0.3 is 9.63 Å². The normalized spacial score (nSPS) is 10.2. The van der Waals surface area contributed by atoms with E-state index in [9.17, 15) is 0 Å². The van der Waals surface area contributed by atoms with Crippen LogP contribution < -0.4 is 0 Å². The maximum Gasteiger partial charge on any atom is 0.167 e. The predicted molar refractivity (Wildman–Crippen MR) is 48.3 cm³/mol. The Morgan fingerprint density at radius 3 is 2.46 bits per heavy atom. The van der Waals surface area contributed by atoms with Gasteiger partial charge in [0.05, 0.1) is 5.69 Å². The minimum absolute atomic E-state index is 0.250. The third-order valence-corrected chi connectivity index (χ3v) is 1.78. The van der Waals surface area contributed by atoms with E-state index < -0.39 is 0 Å². The van der Waals surface area contributed by atoms with Crippen molar-refractivity contribution in [2.24, 2.45) is 0 Å². The zero-order valence-corrected chi connectivity index (χ0v) is 7.19. The molecular formula is C10H9NO2. The number of aryl methyl sites for hydroxylation is 1. The first-order chi connectivity index (χ1) is 6.25. The quantitative estimate of drug-likeness (QED) is 0.723. The molecule has 0 aliphatic rings. The molecule has 0 bridgehead atoms. The zero-order chi connectivity index (χ0) is 9.26. The first-order valence-electron chi connectivity index (χ1n) is 3.98. The van der Waals surface area contributed by atoms with Gasteiger partial charge >= 0.3 is 0 Å². The summed E-state index contributed by atoms with van der Waals surface area (Å²) in [6, 6.07) is 8.66. The van der Waals surface area contributed by atoms with E-state index >= 15 is 0 Å². The van der Waals surface area contributed by atoms with Gasteiger partial charge in [0.15, 0.2) is 5.76 Å². The Morgan fingerprint density at radius 1 is 1.23 bits per heavy atom. The highest BCUT2D eigenvalue weighted by Crippen LogP contribution is 2.21. The van der Waals surface area contributed by atoms with Crippen molar-refractivity contribution in [3.8, 4) is 17.1 Å². The third kappa shape index (κ3) is 1.54. The molecule has 1 aromatic carbocycles. The van der Waals surface area contributed by atoms with Gasteiger partial charge in [-0.1, -0.05) is 5.16 Å². The van der Waals surface area contributed by atoms with Crippen LogP contribution in [0.5, 0.6) is 5.75 Å². The van der Waals surface area contributed by atoms with Gasteiger partial charge in [-0.3, -0.25) is 0 Å². The molecule has 66 valence electrons. The monoisotopic (exact) mass is 175 g/mol. The van der Waals surface area contributed by atoms with Crippen LogP contribution in [0.4, 0.5) is 0 Å². The number of hydrogen-bond acceptors (Lipinski definition) is 3. The third-order valence-electron chi connectivity index (χ3n) is 1.78. The predicted octanol–water partition coefficient (Wildman–Crippen LogP) is 2.36. The van der Waals surface area contributed by atoms with E-state index in [0.717, 1.165) is 17.0 Å². The van der Waals surface area contributed by atoms with Gasteiger partial charge in [-0.15, -0.1) is 0 Å². The van der Waals surface area contributed by atoms with Gasteiger partial charge in [-0.05, 0) is 31.2 Å². The van der Waals surface area contributed by atoms with Crippen molar-refractivity contribution in [2.75, 3.05) is 0 Å². The summed E-state index contributed by atoms with van der Waals surface area (Å²) in [6.45, 7) is 1.87. The summed E-state index contributed by atoms with van der Waals surface area (Å²) in [5.41, 5.74) is 1.77. The van der Waals surface area contributed by atoms with E-state index in [2.05, 4.69) is 5.16 Å². The molecule has 3 nitrogen and oxygen atoms in total. The summed E-state index contributed by atoms with van der Waals surface area (Å²) in [5.74, 6) is 0.970. The molecule has 3 heteroatoms. The maximum absolute atomic E-state index is 9.06. The topological polar surface area (TPSA) is 46.3 Å². The van der Waals surface area contributed by atoms with Crippen LogP contribution in [0.3, 0.4) is 0 Å². The molecule has 0 unspecified atom stereocenters. The lowest BCUT2D eigenvalue weighted by atomic mass is 10.1. The Hall–Kier alpha value is -1.77. The number of hydrogen-bond donors (Lipinski definition) is 1. The fourth-order valence-corrected chi connectivity index (χ4v) is 1.13. The molecule has 0 aliphatic carbocycles. The minimum Gasteiger partial charge on any atom is -0.508 e. The van der Waals surface area contributed by atoms with Gasteiger partial charge in [0.2, 0.25) is 0 Å². The molecule has 2 aromatic rings. The summed E-state index contributed by atoms with van der Waals surface area (Å²) in [6.07, 6.45) is 0. The highest BCUT2D eigenvalue weighted by molar-refractivity contribution is 5.58. The second kappa shape index (κ2) is 2.94. The molecule has 0 fully saturated rings. The average Bonchev–Trinajstić information content (AvgIpc) is 2.53. The van der Waals surface area contributed by atoms with E-state index in [4.69, 9.17) is 9.63 Å². The van der Waals surface area contributed by atoms with Gasteiger partial charge in [-0.25, -0.2) is 0 Å². The molecule has 1 N–H and O–H groups in total. The van der Waals surface area contributed by atoms with Crippen LogP contribution >= 0.6 is 0 Å². The van der Waals surface area contributed by atoms with Crippen LogP contribution in [-0.2, 0) is 0 Å². The van der Waals surface area contributed by atoms with Crippen LogP contribution in [0.2, 0.25) is 0 Å². The van der Waals surface area contributed by atoms with Crippen LogP contribution in [0.1, 0.15) is 5.69 Å². The summed E-state index contributed by atoms with van der Waals surface area (Å²) in [4.78, 5) is 0. The van der Waals surface area contributed by atoms with Crippen molar-refractivity contribution in [1.82, 2.24) is 5.16 Å². The van der Waals surface area contributed by atoms with Crippen LogP contribution in [0.25, 0.3) is 11.3 Å². The number of aromatic nitrogens is 1. The number of nitrogens with zero attached hydrogens (tertiary/aromatic N) is 1. The SMILES string of the molecule is Cc1cc(-c2ccc(O)cc2)on1. The molecule has 0 saturated carbocycles. The Labute approximate surface area is 75.6 Å². The smallest absolute Gasteiger partial charge is 0.167 e. The average molecular weight is 175 g/mol. The van der Waals surface area contributed by atoms with Crippen molar-refractivity contribution in [3.05, 3.63) is 36.0 Å². The fraction of sp³-hybridized carbons (Fsp3) is 0.100. The Balaban J connectivity index is 2.41. The second-order valence-corrected chi connectivity index (χ2v) is 2.88. The zero-order valence-electron chi connectivity index (χ0n) is 7.19. The van der Waals surface area contributed by atoms with Crippen molar-refractivity contribution < 1.29 is 9.63 Å². The van der Waals surface area contributed by atoms with Crippen LogP contribution in [0, 0.1) is 6.92 Å². The number of aromatic hydroxyl groups is 1. The molecule has 13 heavy (non-hydrogen) atoms. The van der Waals surface area contributed by atoms with Crippen molar-refractivity contribution in [2.45, 2.75) is 6.92 Å². The number of phenols is 1. The number of rotatable bonds is 1. The van der Waals surface area contributed by atoms with Crippen LogP contribution in [0.15, 0.2) is 34.9 Å². The van der Waals surface area contributed by atoms with Crippen LogP contribution in [-0.4, -0.2) is 10.3 Å². The van der Waals surface area contributed by atoms with Gasteiger partial charge in [-0.2, -0.15) is 0 Å². The molecule has 0 atom stereocenters. The van der Waals surface area contributed by atoms with Gasteiger partial charge in [0.1, 0.15) is 5.75 Å². The summed E-state index contributed by atoms with van der Waals surface area (Å²) in [7, 11) is 0. The second-order valence-electron chi connectivity index (χ2n) is 2.88. The fourth-order valence-electron chi connectivity index (χ4n) is 1.13. The standard InChI is InChI=1S/C10H9NO2/c1-7-6-10(13-11-7)8-2-4-9(12)5-3-8/h2-6,12H,1H3. The molecular weight excluding hydrogens is 166 g/mol. The first kappa shape index (κ1) is 7.86. The van der Waals surface area contributed by atoms with Crippen molar-refractivity contribution in [3.63, 3.8) is 0 Å². The van der Waals surface area contributed by atoms with Gasteiger partial charge in [0.25, 0.3) is 0 Å².